The molecular weight excluding hydrogens is 498 g/mol. The molecule has 11 N–H and O–H groups in total. The van der Waals surface area contributed by atoms with E-state index in [-0.39, 0.29) is 6.42 Å². The molecule has 0 radical (unpaired) electrons. The minimum atomic E-state index is -1.80. The van der Waals surface area contributed by atoms with Crippen molar-refractivity contribution in [3.05, 3.63) is 18.2 Å². The lowest BCUT2D eigenvalue weighted by Crippen LogP contribution is -2.57. The van der Waals surface area contributed by atoms with E-state index in [1.54, 1.807) is 0 Å². The highest BCUT2D eigenvalue weighted by molar-refractivity contribution is 5.95. The number of primary amides is 1. The molecule has 1 aromatic heterocycles. The molecule has 0 fully saturated rings. The Bertz CT molecular complexity index is 998. The summed E-state index contributed by atoms with van der Waals surface area (Å²) in [5.41, 5.74) is 11.3. The summed E-state index contributed by atoms with van der Waals surface area (Å²) in [6, 6.07) is -6.11. The summed E-state index contributed by atoms with van der Waals surface area (Å²) in [5, 5.41) is 33.7. The summed E-state index contributed by atoms with van der Waals surface area (Å²) in [6.45, 7) is 0. The molecule has 17 heteroatoms. The van der Waals surface area contributed by atoms with E-state index in [9.17, 15) is 38.7 Å². The minimum absolute atomic E-state index is 0.00499. The fraction of sp³-hybridized carbons (Fsp3) is 0.500. The van der Waals surface area contributed by atoms with E-state index in [0.717, 1.165) is 0 Å². The third-order valence-corrected chi connectivity index (χ3v) is 4.92. The molecule has 1 heterocycles. The monoisotopic (exact) mass is 527 g/mol. The van der Waals surface area contributed by atoms with E-state index in [1.165, 1.54) is 12.5 Å². The first-order valence-corrected chi connectivity index (χ1v) is 10.9. The van der Waals surface area contributed by atoms with Crippen molar-refractivity contribution in [2.24, 2.45) is 11.5 Å². The Kier molecular flexibility index (Phi) is 12.2. The topological polar surface area (TPSA) is 297 Å². The van der Waals surface area contributed by atoms with Gasteiger partial charge in [-0.1, -0.05) is 0 Å². The maximum absolute atomic E-state index is 12.8. The SMILES string of the molecule is NC(=O)CCC(NC(=O)C(CC(=O)O)NC(=O)C(CCC(=O)O)NC(=O)C(N)Cc1cnc[nH]1)C(=O)O. The van der Waals surface area contributed by atoms with Crippen molar-refractivity contribution in [3.8, 4) is 0 Å². The van der Waals surface area contributed by atoms with Gasteiger partial charge in [0.2, 0.25) is 23.6 Å². The smallest absolute Gasteiger partial charge is 0.326 e. The molecule has 37 heavy (non-hydrogen) atoms. The highest BCUT2D eigenvalue weighted by Gasteiger charge is 2.32. The number of aromatic nitrogens is 2. The lowest BCUT2D eigenvalue weighted by Gasteiger charge is -2.24. The number of hydrogen-bond acceptors (Lipinski definition) is 9. The van der Waals surface area contributed by atoms with Gasteiger partial charge in [0.05, 0.1) is 18.8 Å². The summed E-state index contributed by atoms with van der Waals surface area (Å²) in [5.74, 6) is -8.34. The first-order valence-electron chi connectivity index (χ1n) is 10.9. The van der Waals surface area contributed by atoms with E-state index < -0.39 is 97.8 Å². The second kappa shape index (κ2) is 14.8. The molecule has 0 aliphatic carbocycles. The van der Waals surface area contributed by atoms with Crippen LogP contribution in [0.3, 0.4) is 0 Å². The van der Waals surface area contributed by atoms with Gasteiger partial charge in [-0.25, -0.2) is 9.78 Å². The molecule has 0 aliphatic rings. The number of nitrogens with one attached hydrogen (secondary N) is 4. The minimum Gasteiger partial charge on any atom is -0.481 e. The fourth-order valence-corrected chi connectivity index (χ4v) is 3.01. The summed E-state index contributed by atoms with van der Waals surface area (Å²) >= 11 is 0. The number of carbonyl (C=O) groups excluding carboxylic acids is 4. The highest BCUT2D eigenvalue weighted by Crippen LogP contribution is 2.05. The predicted molar refractivity (Wildman–Crippen MR) is 121 cm³/mol. The maximum Gasteiger partial charge on any atom is 0.326 e. The van der Waals surface area contributed by atoms with Crippen LogP contribution in [0.25, 0.3) is 0 Å². The molecular formula is C20H29N7O10. The molecule has 0 bridgehead atoms. The molecule has 204 valence electrons. The van der Waals surface area contributed by atoms with Crippen molar-refractivity contribution < 1.29 is 48.9 Å². The van der Waals surface area contributed by atoms with Crippen LogP contribution in [0.1, 0.15) is 37.8 Å². The Hall–Kier alpha value is -4.54. The molecule has 4 unspecified atom stereocenters. The normalized spacial score (nSPS) is 13.9. The zero-order valence-corrected chi connectivity index (χ0v) is 19.5. The second-order valence-corrected chi connectivity index (χ2v) is 7.94. The molecule has 0 aromatic carbocycles. The quantitative estimate of drug-likeness (QED) is 0.0950. The van der Waals surface area contributed by atoms with Crippen LogP contribution >= 0.6 is 0 Å². The molecule has 0 saturated carbocycles. The van der Waals surface area contributed by atoms with Gasteiger partial charge in [-0.05, 0) is 12.8 Å². The standard InChI is InChI=1S/C20H29N7O10/c21-10(5-9-7-23-8-24-9)17(33)25-11(2-4-15(29)30)18(34)27-13(6-16(31)32)19(35)26-12(20(36)37)1-3-14(22)28/h7-8,10-13H,1-6,21H2,(H2,22,28)(H,23,24)(H,25,33)(H,26,35)(H,27,34)(H,29,30)(H,31,32)(H,36,37). The van der Waals surface area contributed by atoms with Crippen molar-refractivity contribution in [3.63, 3.8) is 0 Å². The molecule has 0 spiro atoms. The summed E-state index contributed by atoms with van der Waals surface area (Å²) in [7, 11) is 0. The summed E-state index contributed by atoms with van der Waals surface area (Å²) in [6.07, 6.45) is 0.0263. The Morgan fingerprint density at radius 1 is 0.838 bits per heavy atom. The first-order chi connectivity index (χ1) is 17.3. The average molecular weight is 527 g/mol. The largest absolute Gasteiger partial charge is 0.481 e. The van der Waals surface area contributed by atoms with E-state index in [1.807, 2.05) is 5.32 Å². The number of nitrogens with two attached hydrogens (primary N) is 2. The van der Waals surface area contributed by atoms with Gasteiger partial charge in [0.25, 0.3) is 0 Å². The number of carboxylic acids is 3. The van der Waals surface area contributed by atoms with E-state index in [4.69, 9.17) is 21.7 Å². The third kappa shape index (κ3) is 11.6. The number of aromatic amines is 1. The molecule has 4 amide bonds. The number of rotatable bonds is 17. The van der Waals surface area contributed by atoms with Gasteiger partial charge >= 0.3 is 17.9 Å². The Morgan fingerprint density at radius 2 is 1.41 bits per heavy atom. The van der Waals surface area contributed by atoms with E-state index in [2.05, 4.69) is 20.6 Å². The second-order valence-electron chi connectivity index (χ2n) is 7.94. The summed E-state index contributed by atoms with van der Waals surface area (Å²) < 4.78 is 0. The van der Waals surface area contributed by atoms with Gasteiger partial charge in [0.1, 0.15) is 18.1 Å². The van der Waals surface area contributed by atoms with Crippen molar-refractivity contribution in [2.45, 2.75) is 62.7 Å². The van der Waals surface area contributed by atoms with Crippen LogP contribution in [0.2, 0.25) is 0 Å². The predicted octanol–water partition coefficient (Wildman–Crippen LogP) is -3.58. The Labute approximate surface area is 209 Å². The molecule has 1 rings (SSSR count). The third-order valence-electron chi connectivity index (χ3n) is 4.92. The number of hydrogen-bond donors (Lipinski definition) is 9. The van der Waals surface area contributed by atoms with Crippen LogP contribution in [0.5, 0.6) is 0 Å². The van der Waals surface area contributed by atoms with Gasteiger partial charge in [0, 0.05) is 31.2 Å². The van der Waals surface area contributed by atoms with Gasteiger partial charge in [-0.2, -0.15) is 0 Å². The lowest BCUT2D eigenvalue weighted by atomic mass is 10.1. The van der Waals surface area contributed by atoms with Crippen LogP contribution in [0, 0.1) is 0 Å². The van der Waals surface area contributed by atoms with E-state index >= 15 is 0 Å². The van der Waals surface area contributed by atoms with Gasteiger partial charge in [-0.3, -0.25) is 28.8 Å². The number of H-pyrrole nitrogens is 1. The van der Waals surface area contributed by atoms with Crippen LogP contribution in [0.15, 0.2) is 12.5 Å². The molecule has 0 aliphatic heterocycles. The van der Waals surface area contributed by atoms with Gasteiger partial charge in [-0.15, -0.1) is 0 Å². The maximum atomic E-state index is 12.8. The number of imidazole rings is 1. The average Bonchev–Trinajstić information content (AvgIpc) is 3.30. The molecule has 1 aromatic rings. The first kappa shape index (κ1) is 30.5. The number of carboxylic acid groups (broad SMARTS) is 3. The van der Waals surface area contributed by atoms with Crippen molar-refractivity contribution in [1.82, 2.24) is 25.9 Å². The molecule has 4 atom stereocenters. The Balaban J connectivity index is 2.98. The van der Waals surface area contributed by atoms with Crippen LogP contribution in [0.4, 0.5) is 0 Å². The van der Waals surface area contributed by atoms with Crippen molar-refractivity contribution in [1.29, 1.82) is 0 Å². The van der Waals surface area contributed by atoms with Crippen molar-refractivity contribution in [2.75, 3.05) is 0 Å². The number of aliphatic carboxylic acids is 3. The molecule has 0 saturated heterocycles. The number of nitrogens with zero attached hydrogens (tertiary/aromatic N) is 1. The highest BCUT2D eigenvalue weighted by atomic mass is 16.4. The van der Waals surface area contributed by atoms with Crippen LogP contribution < -0.4 is 27.4 Å². The zero-order valence-electron chi connectivity index (χ0n) is 19.5. The number of carbonyl (C=O) groups is 7. The zero-order chi connectivity index (χ0) is 28.1. The Morgan fingerprint density at radius 3 is 1.92 bits per heavy atom. The van der Waals surface area contributed by atoms with Crippen LogP contribution in [-0.4, -0.2) is 91.0 Å². The van der Waals surface area contributed by atoms with E-state index in [0.29, 0.717) is 5.69 Å². The van der Waals surface area contributed by atoms with Gasteiger partial charge < -0.3 is 47.7 Å². The van der Waals surface area contributed by atoms with Crippen molar-refractivity contribution >= 4 is 41.5 Å². The fourth-order valence-electron chi connectivity index (χ4n) is 3.01. The number of amides is 4. The molecule has 17 nitrogen and oxygen atoms in total. The summed E-state index contributed by atoms with van der Waals surface area (Å²) in [4.78, 5) is 89.0. The lowest BCUT2D eigenvalue weighted by molar-refractivity contribution is -0.143. The van der Waals surface area contributed by atoms with Gasteiger partial charge in [0.15, 0.2) is 0 Å². The van der Waals surface area contributed by atoms with Crippen LogP contribution in [-0.2, 0) is 40.0 Å².